The van der Waals surface area contributed by atoms with Gasteiger partial charge in [-0.25, -0.2) is 0 Å². The van der Waals surface area contributed by atoms with Gasteiger partial charge in [-0.3, -0.25) is 0 Å². The molecule has 0 spiro atoms. The van der Waals surface area contributed by atoms with Gasteiger partial charge in [-0.05, 0) is 105 Å². The highest BCUT2D eigenvalue weighted by atomic mass is 16.3. The number of carbonyl (C=O) groups excluding carboxylic acids is 1. The van der Waals surface area contributed by atoms with Crippen LogP contribution in [0.5, 0.6) is 0 Å². The zero-order chi connectivity index (χ0) is 20.1. The first kappa shape index (κ1) is 20.6. The molecule has 4 rings (SSSR count). The molecule has 0 aliphatic heterocycles. The average Bonchev–Trinajstić information content (AvgIpc) is 2.99. The van der Waals surface area contributed by atoms with Crippen molar-refractivity contribution in [2.75, 3.05) is 0 Å². The maximum atomic E-state index is 11.3. The fraction of sp³-hybridized carbons (Fsp3) is 0.885. The van der Waals surface area contributed by atoms with Crippen LogP contribution in [0, 0.1) is 40.4 Å². The zero-order valence-electron chi connectivity index (χ0n) is 18.7. The maximum Gasteiger partial charge on any atom is 0.129 e. The van der Waals surface area contributed by atoms with E-state index in [1.165, 1.54) is 44.9 Å². The molecule has 3 saturated carbocycles. The summed E-state index contributed by atoms with van der Waals surface area (Å²) in [4.78, 5) is 11.3. The molecule has 2 heteroatoms. The maximum absolute atomic E-state index is 11.3. The second-order valence-corrected chi connectivity index (χ2v) is 11.5. The summed E-state index contributed by atoms with van der Waals surface area (Å²) >= 11 is 0. The summed E-state index contributed by atoms with van der Waals surface area (Å²) in [7, 11) is 0. The second-order valence-electron chi connectivity index (χ2n) is 11.5. The van der Waals surface area contributed by atoms with Crippen molar-refractivity contribution in [3.8, 4) is 0 Å². The van der Waals surface area contributed by atoms with Crippen molar-refractivity contribution in [1.82, 2.24) is 0 Å². The van der Waals surface area contributed by atoms with Crippen molar-refractivity contribution >= 4 is 5.78 Å². The minimum atomic E-state index is -0.101. The lowest BCUT2D eigenvalue weighted by molar-refractivity contribution is -0.117. The summed E-state index contributed by atoms with van der Waals surface area (Å²) in [5.41, 5.74) is 2.45. The predicted octanol–water partition coefficient (Wildman–Crippen LogP) is 6.32. The normalized spacial score (nSPS) is 46.2. The molecule has 4 aliphatic carbocycles. The summed E-state index contributed by atoms with van der Waals surface area (Å²) in [5, 5.41) is 10.2. The first-order valence-corrected chi connectivity index (χ1v) is 12.1. The van der Waals surface area contributed by atoms with E-state index in [1.54, 1.807) is 12.5 Å². The Bertz CT molecular complexity index is 636. The Kier molecular flexibility index (Phi) is 5.57. The van der Waals surface area contributed by atoms with Gasteiger partial charge in [-0.2, -0.15) is 0 Å². The molecule has 0 unspecified atom stereocenters. The molecule has 8 atom stereocenters. The molecule has 0 amide bonds. The van der Waals surface area contributed by atoms with E-state index in [2.05, 4.69) is 26.8 Å². The standard InChI is InChI=1S/C26H42O2/c1-17(6-5-7-18(2)27)22-10-11-23-21-9-8-19-16-20(28)12-14-25(19,3)24(21)13-15-26(22,23)4/h8,17,20-24,28H,5-7,9-16H2,1-4H3/t17-,20-,21+,22-,23+,24+,25-,26-/m0/s1. The number of hydrogen-bond acceptors (Lipinski definition) is 2. The number of fused-ring (bicyclic) bond motifs is 5. The molecule has 0 radical (unpaired) electrons. The van der Waals surface area contributed by atoms with Gasteiger partial charge in [0.2, 0.25) is 0 Å². The Morgan fingerprint density at radius 3 is 2.71 bits per heavy atom. The van der Waals surface area contributed by atoms with Crippen molar-refractivity contribution in [1.29, 1.82) is 0 Å². The number of aliphatic hydroxyl groups is 1. The van der Waals surface area contributed by atoms with E-state index in [-0.39, 0.29) is 6.10 Å². The minimum Gasteiger partial charge on any atom is -0.393 e. The Morgan fingerprint density at radius 2 is 1.96 bits per heavy atom. The van der Waals surface area contributed by atoms with Gasteiger partial charge < -0.3 is 9.90 Å². The van der Waals surface area contributed by atoms with Crippen LogP contribution in [0.4, 0.5) is 0 Å². The lowest BCUT2D eigenvalue weighted by atomic mass is 9.47. The van der Waals surface area contributed by atoms with Crippen molar-refractivity contribution in [2.24, 2.45) is 40.4 Å². The molecule has 0 aromatic heterocycles. The molecule has 0 bridgehead atoms. The Morgan fingerprint density at radius 1 is 1.18 bits per heavy atom. The fourth-order valence-corrected chi connectivity index (χ4v) is 8.49. The zero-order valence-corrected chi connectivity index (χ0v) is 18.7. The van der Waals surface area contributed by atoms with Gasteiger partial charge in [0.15, 0.2) is 0 Å². The van der Waals surface area contributed by atoms with Crippen LogP contribution in [0.2, 0.25) is 0 Å². The van der Waals surface area contributed by atoms with Gasteiger partial charge in [-0.1, -0.05) is 38.8 Å². The van der Waals surface area contributed by atoms with Gasteiger partial charge in [0.1, 0.15) is 5.78 Å². The van der Waals surface area contributed by atoms with Crippen molar-refractivity contribution in [3.05, 3.63) is 11.6 Å². The van der Waals surface area contributed by atoms with Crippen LogP contribution in [-0.4, -0.2) is 17.0 Å². The van der Waals surface area contributed by atoms with Crippen LogP contribution >= 0.6 is 0 Å². The fourth-order valence-electron chi connectivity index (χ4n) is 8.49. The molecule has 1 N–H and O–H groups in total. The number of hydrogen-bond donors (Lipinski definition) is 1. The minimum absolute atomic E-state index is 0.101. The van der Waals surface area contributed by atoms with Gasteiger partial charge in [0.25, 0.3) is 0 Å². The van der Waals surface area contributed by atoms with Gasteiger partial charge >= 0.3 is 0 Å². The topological polar surface area (TPSA) is 37.3 Å². The molecule has 4 aliphatic rings. The number of aliphatic hydroxyl groups excluding tert-OH is 1. The van der Waals surface area contributed by atoms with E-state index in [4.69, 9.17) is 0 Å². The van der Waals surface area contributed by atoms with Gasteiger partial charge in [0.05, 0.1) is 6.10 Å². The molecule has 0 heterocycles. The van der Waals surface area contributed by atoms with Gasteiger partial charge in [-0.15, -0.1) is 0 Å². The summed E-state index contributed by atoms with van der Waals surface area (Å²) < 4.78 is 0. The van der Waals surface area contributed by atoms with Crippen molar-refractivity contribution in [2.45, 2.75) is 104 Å². The van der Waals surface area contributed by atoms with Crippen LogP contribution in [-0.2, 0) is 4.79 Å². The SMILES string of the molecule is CC(=O)CCC[C@H](C)[C@@H]1CC[C@@H]2[C@H]3CC=C4C[C@@H](O)CC[C@]4(C)[C@@H]3CC[C@]21C. The first-order chi connectivity index (χ1) is 13.3. The van der Waals surface area contributed by atoms with E-state index in [0.717, 1.165) is 55.3 Å². The predicted molar refractivity (Wildman–Crippen MR) is 115 cm³/mol. The van der Waals surface area contributed by atoms with Crippen LogP contribution in [0.25, 0.3) is 0 Å². The molecule has 0 aromatic rings. The van der Waals surface area contributed by atoms with E-state index < -0.39 is 0 Å². The highest BCUT2D eigenvalue weighted by Crippen LogP contribution is 2.67. The lowest BCUT2D eigenvalue weighted by Crippen LogP contribution is -2.50. The van der Waals surface area contributed by atoms with Gasteiger partial charge in [0, 0.05) is 6.42 Å². The van der Waals surface area contributed by atoms with Crippen LogP contribution in [0.1, 0.15) is 98.3 Å². The van der Waals surface area contributed by atoms with E-state index in [9.17, 15) is 9.90 Å². The number of Topliss-reactive ketones (excluding diaryl/α,β-unsaturated/α-hetero) is 1. The number of allylic oxidation sites excluding steroid dienone is 1. The highest BCUT2D eigenvalue weighted by molar-refractivity contribution is 5.75. The van der Waals surface area contributed by atoms with E-state index >= 15 is 0 Å². The smallest absolute Gasteiger partial charge is 0.129 e. The third-order valence-electron chi connectivity index (χ3n) is 10.0. The van der Waals surface area contributed by atoms with Crippen molar-refractivity contribution < 1.29 is 9.90 Å². The Hall–Kier alpha value is -0.630. The Labute approximate surface area is 172 Å². The van der Waals surface area contributed by atoms with Crippen LogP contribution in [0.3, 0.4) is 0 Å². The third kappa shape index (κ3) is 3.32. The molecular weight excluding hydrogens is 344 g/mol. The number of rotatable bonds is 5. The first-order valence-electron chi connectivity index (χ1n) is 12.1. The second kappa shape index (κ2) is 7.56. The van der Waals surface area contributed by atoms with E-state index in [1.807, 2.05) is 0 Å². The highest BCUT2D eigenvalue weighted by Gasteiger charge is 2.59. The third-order valence-corrected chi connectivity index (χ3v) is 10.0. The molecule has 28 heavy (non-hydrogen) atoms. The van der Waals surface area contributed by atoms with Crippen LogP contribution in [0.15, 0.2) is 11.6 Å². The number of carbonyl (C=O) groups is 1. The monoisotopic (exact) mass is 386 g/mol. The summed E-state index contributed by atoms with van der Waals surface area (Å²) in [6.07, 6.45) is 15.5. The molecular formula is C26H42O2. The molecule has 158 valence electrons. The summed E-state index contributed by atoms with van der Waals surface area (Å²) in [6.45, 7) is 9.35. The molecule has 0 aromatic carbocycles. The van der Waals surface area contributed by atoms with E-state index in [0.29, 0.717) is 16.6 Å². The average molecular weight is 387 g/mol. The van der Waals surface area contributed by atoms with Crippen LogP contribution < -0.4 is 0 Å². The Balaban J connectivity index is 1.50. The quantitative estimate of drug-likeness (QED) is 0.561. The molecule has 2 nitrogen and oxygen atoms in total. The molecule has 0 saturated heterocycles. The summed E-state index contributed by atoms with van der Waals surface area (Å²) in [6, 6.07) is 0. The lowest BCUT2D eigenvalue weighted by Gasteiger charge is -2.58. The number of ketones is 1. The largest absolute Gasteiger partial charge is 0.393 e. The summed E-state index contributed by atoms with van der Waals surface area (Å²) in [5.74, 6) is 4.52. The molecule has 3 fully saturated rings. The van der Waals surface area contributed by atoms with Crippen molar-refractivity contribution in [3.63, 3.8) is 0 Å².